The molecular formula is C29H49NO4S. The second-order valence-electron chi connectivity index (χ2n) is 12.4. The fourth-order valence-electron chi connectivity index (χ4n) is 7.86. The number of nitrogens with zero attached hydrogens (tertiary/aromatic N) is 1. The SMILES string of the molecule is C=C[C@]1(C)C[C@@H](OC(=O)CSC)[C@]2(C)C(C)CCC3(CCC(=O)C32)[C@@H](C)C1O.CN1CCCCC1. The van der Waals surface area contributed by atoms with Crippen LogP contribution in [0.5, 0.6) is 0 Å². The zero-order chi connectivity index (χ0) is 26.0. The molecule has 1 saturated heterocycles. The normalized spacial score (nSPS) is 43.7. The number of carbonyl (C=O) groups excluding carboxylic acids is 2. The average molecular weight is 508 g/mol. The van der Waals surface area contributed by atoms with Crippen molar-refractivity contribution in [2.24, 2.45) is 34.0 Å². The third-order valence-electron chi connectivity index (χ3n) is 10.4. The van der Waals surface area contributed by atoms with E-state index in [1.54, 1.807) is 0 Å². The van der Waals surface area contributed by atoms with Crippen LogP contribution in [0.3, 0.4) is 0 Å². The lowest BCUT2D eigenvalue weighted by molar-refractivity contribution is -0.205. The Morgan fingerprint density at radius 3 is 2.43 bits per heavy atom. The Balaban J connectivity index is 0.000000420. The van der Waals surface area contributed by atoms with Gasteiger partial charge in [0.1, 0.15) is 11.9 Å². The van der Waals surface area contributed by atoms with Gasteiger partial charge in [-0.05, 0) is 82.2 Å². The molecule has 4 rings (SSSR count). The number of hydrogen-bond donors (Lipinski definition) is 1. The van der Waals surface area contributed by atoms with Gasteiger partial charge >= 0.3 is 5.97 Å². The molecule has 4 aliphatic rings. The van der Waals surface area contributed by atoms with Gasteiger partial charge in [-0.2, -0.15) is 11.8 Å². The Morgan fingerprint density at radius 1 is 1.23 bits per heavy atom. The maximum absolute atomic E-state index is 13.2. The number of piperidine rings is 1. The highest BCUT2D eigenvalue weighted by Crippen LogP contribution is 2.67. The van der Waals surface area contributed by atoms with E-state index in [2.05, 4.69) is 39.3 Å². The fourth-order valence-corrected chi connectivity index (χ4v) is 8.17. The van der Waals surface area contributed by atoms with Crippen LogP contribution in [0.1, 0.15) is 79.1 Å². The number of Topliss-reactive ketones (excluding diaryl/α,β-unsaturated/α-hetero) is 1. The van der Waals surface area contributed by atoms with Gasteiger partial charge in [-0.15, -0.1) is 6.58 Å². The van der Waals surface area contributed by atoms with E-state index in [-0.39, 0.29) is 29.1 Å². The number of aliphatic hydroxyl groups is 1. The molecule has 4 unspecified atom stereocenters. The number of rotatable bonds is 4. The highest BCUT2D eigenvalue weighted by atomic mass is 32.2. The van der Waals surface area contributed by atoms with Gasteiger partial charge in [0, 0.05) is 23.2 Å². The van der Waals surface area contributed by atoms with Crippen LogP contribution in [-0.2, 0) is 14.3 Å². The molecule has 0 aromatic carbocycles. The van der Waals surface area contributed by atoms with Crippen LogP contribution in [0.25, 0.3) is 0 Å². The number of hydrogen-bond acceptors (Lipinski definition) is 6. The summed E-state index contributed by atoms with van der Waals surface area (Å²) in [6.45, 7) is 15.2. The third kappa shape index (κ3) is 5.27. The first-order valence-electron chi connectivity index (χ1n) is 13.7. The topological polar surface area (TPSA) is 66.8 Å². The zero-order valence-corrected chi connectivity index (χ0v) is 23.8. The van der Waals surface area contributed by atoms with Crippen molar-refractivity contribution in [3.63, 3.8) is 0 Å². The summed E-state index contributed by atoms with van der Waals surface area (Å²) < 4.78 is 6.09. The molecule has 1 aliphatic heterocycles. The highest BCUT2D eigenvalue weighted by Gasteiger charge is 2.68. The second kappa shape index (κ2) is 11.3. The quantitative estimate of drug-likeness (QED) is 0.408. The number of thioether (sulfide) groups is 1. The third-order valence-corrected chi connectivity index (χ3v) is 10.9. The van der Waals surface area contributed by atoms with Crippen molar-refractivity contribution in [2.45, 2.75) is 91.3 Å². The predicted molar refractivity (Wildman–Crippen MR) is 144 cm³/mol. The van der Waals surface area contributed by atoms with Crippen molar-refractivity contribution in [2.75, 3.05) is 32.1 Å². The summed E-state index contributed by atoms with van der Waals surface area (Å²) in [5.41, 5.74) is -1.20. The maximum Gasteiger partial charge on any atom is 0.316 e. The van der Waals surface area contributed by atoms with Crippen LogP contribution in [0.15, 0.2) is 12.7 Å². The average Bonchev–Trinajstić information content (AvgIpc) is 3.19. The van der Waals surface area contributed by atoms with Gasteiger partial charge in [0.05, 0.1) is 11.9 Å². The first kappa shape index (κ1) is 28.7. The number of esters is 1. The number of carbonyl (C=O) groups is 2. The summed E-state index contributed by atoms with van der Waals surface area (Å²) in [5, 5.41) is 11.4. The molecule has 0 spiro atoms. The Labute approximate surface area is 217 Å². The van der Waals surface area contributed by atoms with E-state index in [0.717, 1.165) is 19.3 Å². The maximum atomic E-state index is 13.2. The van der Waals surface area contributed by atoms with E-state index in [0.29, 0.717) is 24.4 Å². The minimum absolute atomic E-state index is 0.00150. The lowest BCUT2D eigenvalue weighted by Gasteiger charge is -2.61. The van der Waals surface area contributed by atoms with Crippen molar-refractivity contribution < 1.29 is 19.4 Å². The predicted octanol–water partition coefficient (Wildman–Crippen LogP) is 5.36. The molecule has 3 saturated carbocycles. The number of ketones is 1. The standard InChI is InChI=1S/C23H36O4S.C6H13N/c1-7-21(4)12-17(27-18(25)13-28-6)22(5)14(2)8-10-23(15(3)20(21)26)11-9-16(24)19(22)23;1-7-5-3-2-4-6-7/h7,14-15,17,19-20,26H,1,8-13H2,2-6H3;2-6H2,1H3/t14?,15-,17+,19?,20?,21+,22-,23?;/m0./s1. The Morgan fingerprint density at radius 2 is 1.89 bits per heavy atom. The molecule has 0 aromatic rings. The van der Waals surface area contributed by atoms with Crippen LogP contribution in [0.4, 0.5) is 0 Å². The van der Waals surface area contributed by atoms with Gasteiger partial charge in [-0.3, -0.25) is 9.59 Å². The van der Waals surface area contributed by atoms with Gasteiger partial charge in [0.25, 0.3) is 0 Å². The van der Waals surface area contributed by atoms with Crippen LogP contribution >= 0.6 is 11.8 Å². The molecular weight excluding hydrogens is 458 g/mol. The van der Waals surface area contributed by atoms with E-state index < -0.39 is 23.0 Å². The molecule has 35 heavy (non-hydrogen) atoms. The molecule has 6 heteroatoms. The highest BCUT2D eigenvalue weighted by molar-refractivity contribution is 7.99. The molecule has 0 aromatic heterocycles. The molecule has 200 valence electrons. The van der Waals surface area contributed by atoms with Gasteiger partial charge in [0.15, 0.2) is 0 Å². The Hall–Kier alpha value is -0.850. The first-order valence-corrected chi connectivity index (χ1v) is 15.1. The van der Waals surface area contributed by atoms with Crippen LogP contribution in [-0.4, -0.2) is 66.1 Å². The summed E-state index contributed by atoms with van der Waals surface area (Å²) >= 11 is 1.44. The van der Waals surface area contributed by atoms with E-state index in [4.69, 9.17) is 4.74 Å². The summed E-state index contributed by atoms with van der Waals surface area (Å²) in [6, 6.07) is 0. The lowest BCUT2D eigenvalue weighted by Crippen LogP contribution is -2.63. The minimum Gasteiger partial charge on any atom is -0.461 e. The summed E-state index contributed by atoms with van der Waals surface area (Å²) in [4.78, 5) is 28.1. The monoisotopic (exact) mass is 507 g/mol. The molecule has 2 bridgehead atoms. The van der Waals surface area contributed by atoms with Gasteiger partial charge in [-0.25, -0.2) is 0 Å². The van der Waals surface area contributed by atoms with Crippen molar-refractivity contribution in [1.82, 2.24) is 4.90 Å². The molecule has 1 N–H and O–H groups in total. The van der Waals surface area contributed by atoms with E-state index in [1.807, 2.05) is 19.3 Å². The van der Waals surface area contributed by atoms with Crippen molar-refractivity contribution in [3.8, 4) is 0 Å². The molecule has 0 radical (unpaired) electrons. The Kier molecular flexibility index (Phi) is 9.24. The zero-order valence-electron chi connectivity index (χ0n) is 23.0. The van der Waals surface area contributed by atoms with Gasteiger partial charge in [0.2, 0.25) is 0 Å². The molecule has 0 amide bonds. The van der Waals surface area contributed by atoms with E-state index in [9.17, 15) is 14.7 Å². The summed E-state index contributed by atoms with van der Waals surface area (Å²) in [5.74, 6) is 0.477. The van der Waals surface area contributed by atoms with E-state index >= 15 is 0 Å². The fraction of sp³-hybridized carbons (Fsp3) is 0.862. The van der Waals surface area contributed by atoms with Gasteiger partial charge in [-0.1, -0.05) is 40.2 Å². The van der Waals surface area contributed by atoms with Crippen molar-refractivity contribution in [3.05, 3.63) is 12.7 Å². The molecule has 5 nitrogen and oxygen atoms in total. The van der Waals surface area contributed by atoms with E-state index in [1.165, 1.54) is 44.1 Å². The van der Waals surface area contributed by atoms with Crippen LogP contribution in [0.2, 0.25) is 0 Å². The van der Waals surface area contributed by atoms with Crippen LogP contribution in [0, 0.1) is 34.0 Å². The molecule has 3 aliphatic carbocycles. The number of likely N-dealkylation sites (tertiary alicyclic amines) is 1. The van der Waals surface area contributed by atoms with Crippen LogP contribution < -0.4 is 0 Å². The van der Waals surface area contributed by atoms with Gasteiger partial charge < -0.3 is 14.7 Å². The second-order valence-corrected chi connectivity index (χ2v) is 13.2. The summed E-state index contributed by atoms with van der Waals surface area (Å²) in [6.07, 6.45) is 10.8. The molecule has 1 heterocycles. The largest absolute Gasteiger partial charge is 0.461 e. The number of aliphatic hydroxyl groups excluding tert-OH is 1. The molecule has 8 atom stereocenters. The Bertz CT molecular complexity index is 783. The van der Waals surface area contributed by atoms with Crippen molar-refractivity contribution in [1.29, 1.82) is 0 Å². The first-order chi connectivity index (χ1) is 16.5. The number of ether oxygens (including phenoxy) is 1. The smallest absolute Gasteiger partial charge is 0.316 e. The lowest BCUT2D eigenvalue weighted by atomic mass is 9.44. The molecule has 4 fully saturated rings. The minimum atomic E-state index is -0.613. The van der Waals surface area contributed by atoms with Crippen molar-refractivity contribution >= 4 is 23.5 Å². The summed E-state index contributed by atoms with van der Waals surface area (Å²) in [7, 11) is 2.19.